The van der Waals surface area contributed by atoms with E-state index in [1.807, 2.05) is 21.1 Å². The summed E-state index contributed by atoms with van der Waals surface area (Å²) in [5.74, 6) is -0.788. The molecule has 66 heavy (non-hydrogen) atoms. The number of rotatable bonds is 52. The summed E-state index contributed by atoms with van der Waals surface area (Å²) in [6.45, 7) is 4.45. The first-order chi connectivity index (χ1) is 32.0. The summed E-state index contributed by atoms with van der Waals surface area (Å²) in [4.78, 5) is 35.6. The molecule has 0 aromatic carbocycles. The number of esters is 2. The van der Waals surface area contributed by atoms with Gasteiger partial charge in [0.2, 0.25) is 0 Å². The number of nitrogens with zero attached hydrogens (tertiary/aromatic N) is 1. The minimum absolute atomic E-state index is 0.0332. The zero-order chi connectivity index (χ0) is 48.5. The number of unbranched alkanes of at least 4 members (excludes halogenated alkanes) is 34. The van der Waals surface area contributed by atoms with Crippen LogP contribution in [0.5, 0.6) is 0 Å². The molecule has 0 heterocycles. The van der Waals surface area contributed by atoms with Gasteiger partial charge in [0, 0.05) is 12.8 Å². The lowest BCUT2D eigenvalue weighted by Gasteiger charge is -2.24. The molecule has 0 aromatic heterocycles. The molecule has 0 aliphatic carbocycles. The van der Waals surface area contributed by atoms with Gasteiger partial charge in [-0.15, -0.1) is 0 Å². The third-order valence-electron chi connectivity index (χ3n) is 12.5. The summed E-state index contributed by atoms with van der Waals surface area (Å²) < 4.78 is 34.5. The monoisotopic (exact) mass is 955 g/mol. The molecule has 0 spiro atoms. The topological polar surface area (TPSA) is 108 Å². The van der Waals surface area contributed by atoms with Gasteiger partial charge in [-0.2, -0.15) is 0 Å². The van der Waals surface area contributed by atoms with Crippen molar-refractivity contribution in [2.75, 3.05) is 47.5 Å². The van der Waals surface area contributed by atoms with Crippen LogP contribution in [0.4, 0.5) is 0 Å². The third kappa shape index (κ3) is 51.9. The molecule has 0 bridgehead atoms. The fourth-order valence-electron chi connectivity index (χ4n) is 8.11. The maximum Gasteiger partial charge on any atom is 0.472 e. The number of hydrogen-bond donors (Lipinski definition) is 1. The van der Waals surface area contributed by atoms with Crippen molar-refractivity contribution in [3.63, 3.8) is 0 Å². The highest BCUT2D eigenvalue weighted by atomic mass is 31.2. The number of ether oxygens (including phenoxy) is 2. The van der Waals surface area contributed by atoms with Gasteiger partial charge in [-0.3, -0.25) is 18.6 Å². The molecule has 0 saturated carbocycles. The van der Waals surface area contributed by atoms with Crippen LogP contribution in [0.2, 0.25) is 0 Å². The molecule has 0 saturated heterocycles. The molecule has 1 N–H and O–H groups in total. The molecule has 0 radical (unpaired) electrons. The Labute approximate surface area is 409 Å². The Bertz CT molecular complexity index is 1170. The second-order valence-electron chi connectivity index (χ2n) is 20.3. The maximum absolute atomic E-state index is 12.8. The zero-order valence-corrected chi connectivity index (χ0v) is 45.1. The van der Waals surface area contributed by atoms with E-state index in [-0.39, 0.29) is 25.6 Å². The van der Waals surface area contributed by atoms with Crippen LogP contribution < -0.4 is 0 Å². The summed E-state index contributed by atoms with van der Waals surface area (Å²) in [5.41, 5.74) is 0. The zero-order valence-electron chi connectivity index (χ0n) is 44.2. The predicted octanol–water partition coefficient (Wildman–Crippen LogP) is 17.0. The molecule has 390 valence electrons. The Kier molecular flexibility index (Phi) is 47.4. The van der Waals surface area contributed by atoms with Crippen molar-refractivity contribution < 1.29 is 42.1 Å². The van der Waals surface area contributed by atoms with Gasteiger partial charge in [0.25, 0.3) is 0 Å². The smallest absolute Gasteiger partial charge is 0.462 e. The lowest BCUT2D eigenvalue weighted by Crippen LogP contribution is -2.37. The molecule has 0 aromatic rings. The van der Waals surface area contributed by atoms with Crippen molar-refractivity contribution in [2.45, 2.75) is 277 Å². The first-order valence-electron chi connectivity index (χ1n) is 28.1. The second-order valence-corrected chi connectivity index (χ2v) is 21.8. The van der Waals surface area contributed by atoms with E-state index >= 15 is 0 Å². The molecule has 0 aliphatic rings. The van der Waals surface area contributed by atoms with Crippen molar-refractivity contribution in [1.29, 1.82) is 0 Å². The fourth-order valence-corrected chi connectivity index (χ4v) is 8.85. The predicted molar refractivity (Wildman–Crippen MR) is 280 cm³/mol. The number of phosphoric acid groups is 1. The molecular formula is C56H109NO8P+. The van der Waals surface area contributed by atoms with Crippen LogP contribution in [-0.2, 0) is 32.7 Å². The van der Waals surface area contributed by atoms with Crippen molar-refractivity contribution >= 4 is 19.8 Å². The van der Waals surface area contributed by atoms with E-state index in [4.69, 9.17) is 18.5 Å². The van der Waals surface area contributed by atoms with Gasteiger partial charge in [-0.05, 0) is 44.9 Å². The second kappa shape index (κ2) is 48.5. The lowest BCUT2D eigenvalue weighted by molar-refractivity contribution is -0.870. The number of likely N-dealkylation sites (N-methyl/N-ethyl adjacent to an activating group) is 1. The summed E-state index contributed by atoms with van der Waals surface area (Å²) in [5, 5.41) is 0. The number of carbonyl (C=O) groups excluding carboxylic acids is 2. The highest BCUT2D eigenvalue weighted by Gasteiger charge is 2.27. The summed E-state index contributed by atoms with van der Waals surface area (Å²) in [7, 11) is 1.49. The van der Waals surface area contributed by atoms with Gasteiger partial charge >= 0.3 is 19.8 Å². The van der Waals surface area contributed by atoms with Crippen LogP contribution >= 0.6 is 7.82 Å². The molecule has 0 amide bonds. The van der Waals surface area contributed by atoms with Gasteiger partial charge in [-0.1, -0.05) is 237 Å². The maximum atomic E-state index is 12.8. The van der Waals surface area contributed by atoms with Crippen molar-refractivity contribution in [3.8, 4) is 0 Å². The van der Waals surface area contributed by atoms with Crippen molar-refractivity contribution in [1.82, 2.24) is 0 Å². The SMILES string of the molecule is CCCCC/C=C\C/C=C\CCCCCCCCCCCC(=O)OC(COC(=O)CCCCCCCCCCCCCCCCCCCCCCCCC)COP(=O)(O)OCC[N+](C)(C)C. The van der Waals surface area contributed by atoms with Gasteiger partial charge < -0.3 is 18.9 Å². The van der Waals surface area contributed by atoms with Gasteiger partial charge in [0.15, 0.2) is 6.10 Å². The van der Waals surface area contributed by atoms with Crippen LogP contribution in [0.1, 0.15) is 271 Å². The normalized spacial score (nSPS) is 13.5. The Morgan fingerprint density at radius 3 is 1.23 bits per heavy atom. The molecule has 2 atom stereocenters. The van der Waals surface area contributed by atoms with E-state index in [9.17, 15) is 19.0 Å². The lowest BCUT2D eigenvalue weighted by atomic mass is 10.0. The number of quaternary nitrogens is 1. The Hall–Kier alpha value is -1.51. The van der Waals surface area contributed by atoms with Crippen molar-refractivity contribution in [3.05, 3.63) is 24.3 Å². The average molecular weight is 955 g/mol. The molecule has 10 heteroatoms. The standard InChI is InChI=1S/C56H108NO8P/c1-6-8-10-12-14-16-18-20-22-24-26-27-28-29-31-32-34-36-38-40-42-44-46-48-55(58)62-52-54(53-64-66(60,61)63-51-50-57(3,4)5)65-56(59)49-47-45-43-41-39-37-35-33-30-25-23-21-19-17-15-13-11-9-7-2/h15,17,21,23,54H,6-14,16,18-20,22,24-53H2,1-5H3/p+1/b17-15-,23-21-. The largest absolute Gasteiger partial charge is 0.472 e. The van der Waals surface area contributed by atoms with Crippen LogP contribution in [0, 0.1) is 0 Å². The van der Waals surface area contributed by atoms with Crippen LogP contribution in [-0.4, -0.2) is 74.9 Å². The van der Waals surface area contributed by atoms with E-state index in [1.54, 1.807) is 0 Å². The molecule has 2 unspecified atom stereocenters. The molecule has 0 fully saturated rings. The van der Waals surface area contributed by atoms with E-state index in [2.05, 4.69) is 38.2 Å². The van der Waals surface area contributed by atoms with Crippen LogP contribution in [0.3, 0.4) is 0 Å². The van der Waals surface area contributed by atoms with E-state index < -0.39 is 26.5 Å². The minimum atomic E-state index is -4.38. The number of hydrogen-bond acceptors (Lipinski definition) is 7. The number of phosphoric ester groups is 1. The number of allylic oxidation sites excluding steroid dienone is 4. The summed E-state index contributed by atoms with van der Waals surface area (Å²) in [6.07, 6.45) is 56.6. The highest BCUT2D eigenvalue weighted by Crippen LogP contribution is 2.43. The molecule has 9 nitrogen and oxygen atoms in total. The molecular weight excluding hydrogens is 846 g/mol. The molecule has 0 aliphatic heterocycles. The Morgan fingerprint density at radius 2 is 0.818 bits per heavy atom. The van der Waals surface area contributed by atoms with Crippen molar-refractivity contribution in [2.24, 2.45) is 0 Å². The third-order valence-corrected chi connectivity index (χ3v) is 13.5. The van der Waals surface area contributed by atoms with Gasteiger partial charge in [0.1, 0.15) is 19.8 Å². The molecule has 0 rings (SSSR count). The highest BCUT2D eigenvalue weighted by molar-refractivity contribution is 7.47. The van der Waals surface area contributed by atoms with E-state index in [1.165, 1.54) is 193 Å². The van der Waals surface area contributed by atoms with Gasteiger partial charge in [-0.25, -0.2) is 4.57 Å². The first-order valence-corrected chi connectivity index (χ1v) is 29.6. The van der Waals surface area contributed by atoms with Gasteiger partial charge in [0.05, 0.1) is 27.7 Å². The van der Waals surface area contributed by atoms with E-state index in [0.717, 1.165) is 44.9 Å². The minimum Gasteiger partial charge on any atom is -0.462 e. The quantitative estimate of drug-likeness (QED) is 0.0211. The summed E-state index contributed by atoms with van der Waals surface area (Å²) >= 11 is 0. The fraction of sp³-hybridized carbons (Fsp3) is 0.893. The Balaban J connectivity index is 4.15. The Morgan fingerprint density at radius 1 is 0.470 bits per heavy atom. The van der Waals surface area contributed by atoms with Crippen LogP contribution in [0.15, 0.2) is 24.3 Å². The average Bonchev–Trinajstić information content (AvgIpc) is 3.27. The summed E-state index contributed by atoms with van der Waals surface area (Å²) in [6, 6.07) is 0. The van der Waals surface area contributed by atoms with E-state index in [0.29, 0.717) is 23.9 Å². The number of carbonyl (C=O) groups is 2. The first kappa shape index (κ1) is 64.5. The van der Waals surface area contributed by atoms with Crippen LogP contribution in [0.25, 0.3) is 0 Å².